The number of carbonyl (C=O) groups is 2. The Morgan fingerprint density at radius 2 is 1.77 bits per heavy atom. The van der Waals surface area contributed by atoms with Crippen LogP contribution in [-0.2, 0) is 4.79 Å². The Bertz CT molecular complexity index is 1000. The highest BCUT2D eigenvalue weighted by atomic mass is 16.3. The Kier molecular flexibility index (Phi) is 5.74. The first-order valence-corrected chi connectivity index (χ1v) is 10.3. The Morgan fingerprint density at radius 3 is 2.40 bits per heavy atom. The van der Waals surface area contributed by atoms with Gasteiger partial charge in [-0.25, -0.2) is 0 Å². The number of benzene rings is 1. The SMILES string of the molecule is Cc1ccc(N(C(=O)c2ccco2)[C@H](C(=O)NC2CCCC2)c2ccco2)c(C)c1. The van der Waals surface area contributed by atoms with Crippen molar-refractivity contribution in [3.05, 3.63) is 77.6 Å². The summed E-state index contributed by atoms with van der Waals surface area (Å²) < 4.78 is 11.0. The van der Waals surface area contributed by atoms with Gasteiger partial charge in [0.15, 0.2) is 11.8 Å². The van der Waals surface area contributed by atoms with Crippen molar-refractivity contribution in [2.45, 2.75) is 51.6 Å². The molecule has 0 radical (unpaired) electrons. The molecular weight excluding hydrogens is 380 g/mol. The highest BCUT2D eigenvalue weighted by Gasteiger charge is 2.38. The molecule has 4 rings (SSSR count). The summed E-state index contributed by atoms with van der Waals surface area (Å²) >= 11 is 0. The van der Waals surface area contributed by atoms with Gasteiger partial charge in [-0.15, -0.1) is 0 Å². The first kappa shape index (κ1) is 20.0. The smallest absolute Gasteiger partial charge is 0.295 e. The van der Waals surface area contributed by atoms with Crippen molar-refractivity contribution >= 4 is 17.5 Å². The lowest BCUT2D eigenvalue weighted by Crippen LogP contribution is -2.46. The number of rotatable bonds is 6. The Morgan fingerprint density at radius 1 is 1.03 bits per heavy atom. The van der Waals surface area contributed by atoms with E-state index in [1.807, 2.05) is 32.0 Å². The average Bonchev–Trinajstić information content (AvgIpc) is 3.49. The molecule has 1 atom stereocenters. The van der Waals surface area contributed by atoms with Crippen LogP contribution in [0.5, 0.6) is 0 Å². The highest BCUT2D eigenvalue weighted by Crippen LogP contribution is 2.33. The van der Waals surface area contributed by atoms with E-state index in [1.165, 1.54) is 17.4 Å². The van der Waals surface area contributed by atoms with Crippen LogP contribution >= 0.6 is 0 Å². The van der Waals surface area contributed by atoms with Crippen LogP contribution < -0.4 is 10.2 Å². The molecule has 2 heterocycles. The van der Waals surface area contributed by atoms with Crippen molar-refractivity contribution in [1.29, 1.82) is 0 Å². The largest absolute Gasteiger partial charge is 0.467 e. The van der Waals surface area contributed by atoms with Crippen molar-refractivity contribution in [2.75, 3.05) is 4.90 Å². The number of nitrogens with one attached hydrogen (secondary N) is 1. The monoisotopic (exact) mass is 406 g/mol. The molecule has 3 aromatic rings. The summed E-state index contributed by atoms with van der Waals surface area (Å²) in [4.78, 5) is 28.5. The molecule has 156 valence electrons. The van der Waals surface area contributed by atoms with E-state index in [9.17, 15) is 9.59 Å². The van der Waals surface area contributed by atoms with Crippen molar-refractivity contribution in [3.63, 3.8) is 0 Å². The second-order valence-electron chi connectivity index (χ2n) is 7.85. The maximum atomic E-state index is 13.5. The van der Waals surface area contributed by atoms with E-state index in [2.05, 4.69) is 5.32 Å². The number of carbonyl (C=O) groups excluding carboxylic acids is 2. The summed E-state index contributed by atoms with van der Waals surface area (Å²) in [5.41, 5.74) is 2.61. The van der Waals surface area contributed by atoms with Crippen LogP contribution in [0.3, 0.4) is 0 Å². The minimum Gasteiger partial charge on any atom is -0.467 e. The van der Waals surface area contributed by atoms with Gasteiger partial charge in [-0.3, -0.25) is 14.5 Å². The van der Waals surface area contributed by atoms with Gasteiger partial charge in [0, 0.05) is 11.7 Å². The number of aryl methyl sites for hydroxylation is 2. The van der Waals surface area contributed by atoms with Crippen LogP contribution in [0.4, 0.5) is 5.69 Å². The third-order valence-corrected chi connectivity index (χ3v) is 5.58. The fourth-order valence-corrected chi connectivity index (χ4v) is 4.13. The van der Waals surface area contributed by atoms with Crippen molar-refractivity contribution < 1.29 is 18.4 Å². The molecule has 0 saturated heterocycles. The molecule has 2 aromatic heterocycles. The van der Waals surface area contributed by atoms with E-state index in [0.29, 0.717) is 11.4 Å². The molecule has 6 nitrogen and oxygen atoms in total. The summed E-state index contributed by atoms with van der Waals surface area (Å²) in [7, 11) is 0. The number of furan rings is 2. The molecule has 30 heavy (non-hydrogen) atoms. The molecule has 1 aliphatic rings. The quantitative estimate of drug-likeness (QED) is 0.629. The van der Waals surface area contributed by atoms with Crippen LogP contribution in [0.2, 0.25) is 0 Å². The summed E-state index contributed by atoms with van der Waals surface area (Å²) in [6, 6.07) is 11.7. The number of hydrogen-bond donors (Lipinski definition) is 1. The third-order valence-electron chi connectivity index (χ3n) is 5.58. The van der Waals surface area contributed by atoms with Gasteiger partial charge in [-0.05, 0) is 62.6 Å². The van der Waals surface area contributed by atoms with Gasteiger partial charge < -0.3 is 14.2 Å². The zero-order chi connectivity index (χ0) is 21.1. The van der Waals surface area contributed by atoms with E-state index in [0.717, 1.165) is 36.8 Å². The molecule has 6 heteroatoms. The fraction of sp³-hybridized carbons (Fsp3) is 0.333. The zero-order valence-electron chi connectivity index (χ0n) is 17.3. The molecule has 0 spiro atoms. The number of nitrogens with zero attached hydrogens (tertiary/aromatic N) is 1. The van der Waals surface area contributed by atoms with Crippen LogP contribution in [0.25, 0.3) is 0 Å². The molecule has 0 aliphatic heterocycles. The predicted molar refractivity (Wildman–Crippen MR) is 113 cm³/mol. The van der Waals surface area contributed by atoms with Crippen LogP contribution in [0, 0.1) is 13.8 Å². The van der Waals surface area contributed by atoms with Crippen molar-refractivity contribution in [3.8, 4) is 0 Å². The first-order valence-electron chi connectivity index (χ1n) is 10.3. The van der Waals surface area contributed by atoms with Gasteiger partial charge >= 0.3 is 0 Å². The molecule has 0 unspecified atom stereocenters. The third kappa shape index (κ3) is 4.03. The maximum absolute atomic E-state index is 13.5. The second-order valence-corrected chi connectivity index (χ2v) is 7.85. The molecule has 1 fully saturated rings. The summed E-state index contributed by atoms with van der Waals surface area (Å²) in [5.74, 6) is -0.0720. The lowest BCUT2D eigenvalue weighted by atomic mass is 10.0. The number of anilines is 1. The van der Waals surface area contributed by atoms with Crippen LogP contribution in [-0.4, -0.2) is 17.9 Å². The van der Waals surface area contributed by atoms with Crippen LogP contribution in [0.1, 0.15) is 59.2 Å². The van der Waals surface area contributed by atoms with Gasteiger partial charge in [0.1, 0.15) is 5.76 Å². The van der Waals surface area contributed by atoms with Crippen molar-refractivity contribution in [2.24, 2.45) is 0 Å². The lowest BCUT2D eigenvalue weighted by Gasteiger charge is -2.31. The maximum Gasteiger partial charge on any atom is 0.295 e. The van der Waals surface area contributed by atoms with Gasteiger partial charge in [-0.1, -0.05) is 30.5 Å². The van der Waals surface area contributed by atoms with Gasteiger partial charge in [0.25, 0.3) is 11.8 Å². The Hall–Kier alpha value is -3.28. The fourth-order valence-electron chi connectivity index (χ4n) is 4.13. The topological polar surface area (TPSA) is 75.7 Å². The van der Waals surface area contributed by atoms with Gasteiger partial charge in [0.05, 0.1) is 12.5 Å². The van der Waals surface area contributed by atoms with E-state index in [4.69, 9.17) is 8.83 Å². The summed E-state index contributed by atoms with van der Waals surface area (Å²) in [5, 5.41) is 3.13. The standard InChI is InChI=1S/C24H26N2O4/c1-16-11-12-19(17(2)15-16)26(24(28)21-10-6-14-30-21)22(20-9-5-13-29-20)23(27)25-18-7-3-4-8-18/h5-6,9-15,18,22H,3-4,7-8H2,1-2H3,(H,25,27)/t22-/m0/s1. The summed E-state index contributed by atoms with van der Waals surface area (Å²) in [6.45, 7) is 3.92. The Labute approximate surface area is 175 Å². The normalized spacial score (nSPS) is 15.1. The van der Waals surface area contributed by atoms with E-state index in [1.54, 1.807) is 24.3 Å². The van der Waals surface area contributed by atoms with Crippen molar-refractivity contribution in [1.82, 2.24) is 5.32 Å². The molecule has 1 aromatic carbocycles. The van der Waals surface area contributed by atoms with Gasteiger partial charge in [0.2, 0.25) is 0 Å². The lowest BCUT2D eigenvalue weighted by molar-refractivity contribution is -0.123. The molecule has 1 N–H and O–H groups in total. The van der Waals surface area contributed by atoms with Gasteiger partial charge in [-0.2, -0.15) is 0 Å². The first-order chi connectivity index (χ1) is 14.5. The molecule has 1 aliphatic carbocycles. The second kappa shape index (κ2) is 8.61. The number of amides is 2. The minimum absolute atomic E-state index is 0.120. The molecule has 0 bridgehead atoms. The predicted octanol–water partition coefficient (Wildman–Crippen LogP) is 4.94. The summed E-state index contributed by atoms with van der Waals surface area (Å²) in [6.07, 6.45) is 7.07. The molecule has 1 saturated carbocycles. The Balaban J connectivity index is 1.80. The highest BCUT2D eigenvalue weighted by molar-refractivity contribution is 6.09. The van der Waals surface area contributed by atoms with E-state index in [-0.39, 0.29) is 17.7 Å². The van der Waals surface area contributed by atoms with E-state index >= 15 is 0 Å². The number of hydrogen-bond acceptors (Lipinski definition) is 4. The zero-order valence-corrected chi connectivity index (χ0v) is 17.3. The minimum atomic E-state index is -0.945. The molecule has 2 amide bonds. The van der Waals surface area contributed by atoms with E-state index < -0.39 is 11.9 Å². The van der Waals surface area contributed by atoms with Crippen LogP contribution in [0.15, 0.2) is 63.8 Å². The average molecular weight is 406 g/mol. The molecular formula is C24H26N2O4.